The normalized spacial score (nSPS) is 10.7. The third kappa shape index (κ3) is 4.19. The highest BCUT2D eigenvalue weighted by Crippen LogP contribution is 2.19. The van der Waals surface area contributed by atoms with Crippen molar-refractivity contribution in [1.82, 2.24) is 5.32 Å². The van der Waals surface area contributed by atoms with Crippen LogP contribution in [0.15, 0.2) is 28.7 Å². The molecule has 0 aliphatic heterocycles. The van der Waals surface area contributed by atoms with Crippen LogP contribution in [0.5, 0.6) is 0 Å². The first kappa shape index (κ1) is 13.0. The predicted octanol–water partition coefficient (Wildman–Crippen LogP) is 3.30. The third-order valence-electron chi connectivity index (χ3n) is 2.12. The summed E-state index contributed by atoms with van der Waals surface area (Å²) in [4.78, 5) is 11.3. The van der Waals surface area contributed by atoms with Gasteiger partial charge in [0.05, 0.1) is 0 Å². The summed E-state index contributed by atoms with van der Waals surface area (Å²) in [6.45, 7) is 4.78. The number of aryl methyl sites for hydroxylation is 1. The SMILES string of the molecule is CCCNC(=O)/C=C/c1ccc(C)cc1Br. The van der Waals surface area contributed by atoms with E-state index in [1.807, 2.05) is 38.1 Å². The van der Waals surface area contributed by atoms with Gasteiger partial charge in [0.1, 0.15) is 0 Å². The van der Waals surface area contributed by atoms with Crippen LogP contribution in [0.4, 0.5) is 0 Å². The highest BCUT2D eigenvalue weighted by atomic mass is 79.9. The lowest BCUT2D eigenvalue weighted by molar-refractivity contribution is -0.116. The summed E-state index contributed by atoms with van der Waals surface area (Å²) in [7, 11) is 0. The van der Waals surface area contributed by atoms with Gasteiger partial charge < -0.3 is 5.32 Å². The van der Waals surface area contributed by atoms with Crippen molar-refractivity contribution >= 4 is 27.9 Å². The van der Waals surface area contributed by atoms with E-state index in [0.29, 0.717) is 0 Å². The van der Waals surface area contributed by atoms with E-state index < -0.39 is 0 Å². The number of rotatable bonds is 4. The molecule has 1 aromatic carbocycles. The first-order chi connectivity index (χ1) is 7.63. The summed E-state index contributed by atoms with van der Waals surface area (Å²) in [6, 6.07) is 6.04. The lowest BCUT2D eigenvalue weighted by atomic mass is 10.1. The molecule has 1 N–H and O–H groups in total. The first-order valence-electron chi connectivity index (χ1n) is 5.35. The lowest BCUT2D eigenvalue weighted by Crippen LogP contribution is -2.21. The van der Waals surface area contributed by atoms with Gasteiger partial charge in [-0.1, -0.05) is 35.0 Å². The standard InChI is InChI=1S/C13H16BrNO/c1-3-8-15-13(16)7-6-11-5-4-10(2)9-12(11)14/h4-7,9H,3,8H2,1-2H3,(H,15,16)/b7-6+. The Balaban J connectivity index is 2.65. The number of carbonyl (C=O) groups is 1. The second-order valence-corrected chi connectivity index (χ2v) is 4.50. The van der Waals surface area contributed by atoms with Gasteiger partial charge in [0.25, 0.3) is 0 Å². The summed E-state index contributed by atoms with van der Waals surface area (Å²) in [5.41, 5.74) is 2.21. The fourth-order valence-corrected chi connectivity index (χ4v) is 1.87. The van der Waals surface area contributed by atoms with Crippen molar-refractivity contribution in [3.05, 3.63) is 39.9 Å². The van der Waals surface area contributed by atoms with Crippen molar-refractivity contribution < 1.29 is 4.79 Å². The molecule has 0 heterocycles. The van der Waals surface area contributed by atoms with Crippen LogP contribution >= 0.6 is 15.9 Å². The van der Waals surface area contributed by atoms with Crippen LogP contribution in [0.1, 0.15) is 24.5 Å². The van der Waals surface area contributed by atoms with Gasteiger partial charge in [-0.3, -0.25) is 4.79 Å². The molecule has 1 aromatic rings. The number of benzene rings is 1. The van der Waals surface area contributed by atoms with Gasteiger partial charge in [0, 0.05) is 17.1 Å². The molecule has 0 fully saturated rings. The van der Waals surface area contributed by atoms with Crippen molar-refractivity contribution in [2.24, 2.45) is 0 Å². The predicted molar refractivity (Wildman–Crippen MR) is 71.2 cm³/mol. The molecule has 0 aliphatic rings. The zero-order valence-corrected chi connectivity index (χ0v) is 11.2. The second-order valence-electron chi connectivity index (χ2n) is 3.65. The quantitative estimate of drug-likeness (QED) is 0.843. The van der Waals surface area contributed by atoms with E-state index in [4.69, 9.17) is 0 Å². The van der Waals surface area contributed by atoms with Crippen LogP contribution in [0.25, 0.3) is 6.08 Å². The van der Waals surface area contributed by atoms with Crippen molar-refractivity contribution in [2.75, 3.05) is 6.54 Å². The summed E-state index contributed by atoms with van der Waals surface area (Å²) in [5, 5.41) is 2.79. The molecule has 0 bridgehead atoms. The molecule has 0 unspecified atom stereocenters. The van der Waals surface area contributed by atoms with Crippen molar-refractivity contribution in [2.45, 2.75) is 20.3 Å². The molecule has 0 aromatic heterocycles. The molecule has 2 nitrogen and oxygen atoms in total. The summed E-state index contributed by atoms with van der Waals surface area (Å²) < 4.78 is 1.01. The monoisotopic (exact) mass is 281 g/mol. The van der Waals surface area contributed by atoms with Gasteiger partial charge in [0.15, 0.2) is 0 Å². The fourth-order valence-electron chi connectivity index (χ4n) is 1.24. The Hall–Kier alpha value is -1.09. The van der Waals surface area contributed by atoms with Crippen LogP contribution in [0.2, 0.25) is 0 Å². The van der Waals surface area contributed by atoms with Crippen LogP contribution < -0.4 is 5.32 Å². The molecule has 0 saturated heterocycles. The Morgan fingerprint density at radius 2 is 2.25 bits per heavy atom. The summed E-state index contributed by atoms with van der Waals surface area (Å²) in [6.07, 6.45) is 4.33. The van der Waals surface area contributed by atoms with E-state index in [1.165, 1.54) is 5.56 Å². The molecule has 0 spiro atoms. The molecule has 16 heavy (non-hydrogen) atoms. The van der Waals surface area contributed by atoms with Crippen LogP contribution in [0, 0.1) is 6.92 Å². The maximum atomic E-state index is 11.3. The maximum Gasteiger partial charge on any atom is 0.243 e. The molecule has 0 saturated carbocycles. The second kappa shape index (κ2) is 6.48. The van der Waals surface area contributed by atoms with E-state index in [2.05, 4.69) is 21.2 Å². The lowest BCUT2D eigenvalue weighted by Gasteiger charge is -2.00. The van der Waals surface area contributed by atoms with Gasteiger partial charge >= 0.3 is 0 Å². The van der Waals surface area contributed by atoms with Crippen LogP contribution in [-0.2, 0) is 4.79 Å². The number of amides is 1. The molecular formula is C13H16BrNO. The molecule has 0 radical (unpaired) electrons. The van der Waals surface area contributed by atoms with Gasteiger partial charge in [-0.05, 0) is 36.6 Å². The smallest absolute Gasteiger partial charge is 0.243 e. The minimum absolute atomic E-state index is 0.0469. The molecule has 1 amide bonds. The Labute approximate surface area is 105 Å². The first-order valence-corrected chi connectivity index (χ1v) is 6.15. The molecular weight excluding hydrogens is 266 g/mol. The average Bonchev–Trinajstić information content (AvgIpc) is 2.25. The van der Waals surface area contributed by atoms with E-state index >= 15 is 0 Å². The number of nitrogens with one attached hydrogen (secondary N) is 1. The van der Waals surface area contributed by atoms with E-state index in [9.17, 15) is 4.79 Å². The minimum atomic E-state index is -0.0469. The largest absolute Gasteiger partial charge is 0.353 e. The average molecular weight is 282 g/mol. The summed E-state index contributed by atoms with van der Waals surface area (Å²) in [5.74, 6) is -0.0469. The van der Waals surface area contributed by atoms with E-state index in [1.54, 1.807) is 6.08 Å². The number of carbonyl (C=O) groups excluding carboxylic acids is 1. The summed E-state index contributed by atoms with van der Waals surface area (Å²) >= 11 is 3.47. The van der Waals surface area contributed by atoms with Crippen molar-refractivity contribution in [3.8, 4) is 0 Å². The Morgan fingerprint density at radius 3 is 2.88 bits per heavy atom. The molecule has 0 atom stereocenters. The maximum absolute atomic E-state index is 11.3. The third-order valence-corrected chi connectivity index (χ3v) is 2.81. The van der Waals surface area contributed by atoms with Crippen LogP contribution in [0.3, 0.4) is 0 Å². The highest BCUT2D eigenvalue weighted by Gasteiger charge is 1.97. The van der Waals surface area contributed by atoms with Crippen LogP contribution in [-0.4, -0.2) is 12.5 Å². The Bertz CT molecular complexity index is 399. The van der Waals surface area contributed by atoms with Crippen molar-refractivity contribution in [1.29, 1.82) is 0 Å². The Kier molecular flexibility index (Phi) is 5.26. The molecule has 0 aliphatic carbocycles. The zero-order chi connectivity index (χ0) is 12.0. The molecule has 3 heteroatoms. The molecule has 1 rings (SSSR count). The minimum Gasteiger partial charge on any atom is -0.353 e. The number of hydrogen-bond acceptors (Lipinski definition) is 1. The molecule has 86 valence electrons. The number of halogens is 1. The number of hydrogen-bond donors (Lipinski definition) is 1. The van der Waals surface area contributed by atoms with Gasteiger partial charge in [-0.2, -0.15) is 0 Å². The van der Waals surface area contributed by atoms with Gasteiger partial charge in [-0.25, -0.2) is 0 Å². The topological polar surface area (TPSA) is 29.1 Å². The van der Waals surface area contributed by atoms with Gasteiger partial charge in [-0.15, -0.1) is 0 Å². The van der Waals surface area contributed by atoms with E-state index in [-0.39, 0.29) is 5.91 Å². The van der Waals surface area contributed by atoms with Crippen molar-refractivity contribution in [3.63, 3.8) is 0 Å². The van der Waals surface area contributed by atoms with Gasteiger partial charge in [0.2, 0.25) is 5.91 Å². The van der Waals surface area contributed by atoms with E-state index in [0.717, 1.165) is 23.0 Å². The zero-order valence-electron chi connectivity index (χ0n) is 9.59. The highest BCUT2D eigenvalue weighted by molar-refractivity contribution is 9.10. The Morgan fingerprint density at radius 1 is 1.50 bits per heavy atom. The fraction of sp³-hybridized carbons (Fsp3) is 0.308.